The Morgan fingerprint density at radius 2 is 1.29 bits per heavy atom. The molecule has 12 heteroatoms. The summed E-state index contributed by atoms with van der Waals surface area (Å²) in [6.07, 6.45) is -3.02. The molecular formula is C29H31F2NO9. The number of benzene rings is 3. The van der Waals surface area contributed by atoms with E-state index in [2.05, 4.69) is 4.84 Å². The normalized spacial score (nSPS) is 11.9. The molecule has 41 heavy (non-hydrogen) atoms. The van der Waals surface area contributed by atoms with E-state index in [1.54, 1.807) is 60.7 Å². The van der Waals surface area contributed by atoms with Gasteiger partial charge in [-0.1, -0.05) is 60.7 Å². The first-order chi connectivity index (χ1) is 20.0. The minimum absolute atomic E-state index is 0.103. The molecule has 0 saturated heterocycles. The molecule has 10 nitrogen and oxygen atoms in total. The van der Waals surface area contributed by atoms with Gasteiger partial charge in [0, 0.05) is 25.7 Å². The van der Waals surface area contributed by atoms with Crippen LogP contribution in [0.15, 0.2) is 66.7 Å². The second-order valence-corrected chi connectivity index (χ2v) is 8.37. The van der Waals surface area contributed by atoms with Gasteiger partial charge in [-0.05, 0) is 17.2 Å². The van der Waals surface area contributed by atoms with E-state index >= 15 is 8.78 Å². The van der Waals surface area contributed by atoms with Crippen molar-refractivity contribution < 1.29 is 51.6 Å². The van der Waals surface area contributed by atoms with Gasteiger partial charge in [0.05, 0.1) is 26.4 Å². The third-order valence-electron chi connectivity index (χ3n) is 5.64. The van der Waals surface area contributed by atoms with Crippen molar-refractivity contribution in [2.45, 2.75) is 12.2 Å². The van der Waals surface area contributed by atoms with Gasteiger partial charge in [0.25, 0.3) is 0 Å². The number of halogens is 2. The van der Waals surface area contributed by atoms with Crippen LogP contribution in [0.5, 0.6) is 11.5 Å². The molecule has 3 rings (SSSR count). The van der Waals surface area contributed by atoms with Gasteiger partial charge in [0.2, 0.25) is 17.6 Å². The number of nitrogens with zero attached hydrogens (tertiary/aromatic N) is 1. The summed E-state index contributed by atoms with van der Waals surface area (Å²) in [6.45, 7) is -0.258. The zero-order chi connectivity index (χ0) is 29.5. The standard InChI is InChI=1S/C29H31F2NO9/c1-34-13-15-36-18-38-27-23(30)17-22(24(31)28(27)39-19-37-16-14-35-2)26(41-32)29(33)40-25(20-9-5-3-6-10-20)21-11-7-4-8-12-21/h3-12,17,25-26H,13-16,18-19H2,1-2H3. The molecule has 1 atom stereocenters. The highest BCUT2D eigenvalue weighted by atomic mass is 19.1. The molecule has 0 spiro atoms. The predicted molar refractivity (Wildman–Crippen MR) is 140 cm³/mol. The van der Waals surface area contributed by atoms with Crippen LogP contribution in [0.25, 0.3) is 0 Å². The molecule has 0 saturated carbocycles. The molecule has 0 heterocycles. The van der Waals surface area contributed by atoms with Crippen molar-refractivity contribution in [1.29, 1.82) is 0 Å². The molecule has 0 fully saturated rings. The fourth-order valence-electron chi connectivity index (χ4n) is 3.65. The van der Waals surface area contributed by atoms with Crippen LogP contribution < -0.4 is 15.4 Å². The molecule has 2 radical (unpaired) electrons. The highest BCUT2D eigenvalue weighted by molar-refractivity contribution is 5.77. The summed E-state index contributed by atoms with van der Waals surface area (Å²) in [5.41, 5.74) is 0.504. The van der Waals surface area contributed by atoms with E-state index in [1.165, 1.54) is 14.2 Å². The lowest BCUT2D eigenvalue weighted by Gasteiger charge is -2.23. The van der Waals surface area contributed by atoms with Crippen molar-refractivity contribution in [3.8, 4) is 11.5 Å². The second kappa shape index (κ2) is 17.2. The Hall–Kier alpha value is -3.65. The number of rotatable bonds is 18. The number of hydrogen-bond donors (Lipinski definition) is 0. The lowest BCUT2D eigenvalue weighted by Crippen LogP contribution is -2.23. The van der Waals surface area contributed by atoms with Gasteiger partial charge in [0.15, 0.2) is 31.3 Å². The minimum Gasteiger partial charge on any atom is -0.460 e. The monoisotopic (exact) mass is 575 g/mol. The Morgan fingerprint density at radius 1 is 0.780 bits per heavy atom. The van der Waals surface area contributed by atoms with Crippen LogP contribution in [0.4, 0.5) is 8.78 Å². The third-order valence-corrected chi connectivity index (χ3v) is 5.64. The van der Waals surface area contributed by atoms with Gasteiger partial charge in [-0.15, -0.1) is 0 Å². The Balaban J connectivity index is 1.90. The Labute approximate surface area is 236 Å². The quantitative estimate of drug-likeness (QED) is 0.0946. The summed E-state index contributed by atoms with van der Waals surface area (Å²) in [5, 5.41) is 0. The van der Waals surface area contributed by atoms with E-state index in [0.717, 1.165) is 0 Å². The minimum atomic E-state index is -2.08. The highest BCUT2D eigenvalue weighted by Gasteiger charge is 2.34. The van der Waals surface area contributed by atoms with Crippen molar-refractivity contribution in [1.82, 2.24) is 5.90 Å². The van der Waals surface area contributed by atoms with Gasteiger partial charge in [-0.2, -0.15) is 0 Å². The fraction of sp³-hybridized carbons (Fsp3) is 0.345. The number of carbonyl (C=O) groups excluding carboxylic acids is 1. The SMILES string of the molecule is COCCOCOc1c(F)cc(C(O[N])C(=O)OC(c2ccccc2)c2ccccc2)c(F)c1OCOCCOC. The van der Waals surface area contributed by atoms with E-state index in [0.29, 0.717) is 17.2 Å². The Morgan fingerprint density at radius 3 is 1.78 bits per heavy atom. The molecule has 3 aromatic rings. The first kappa shape index (κ1) is 31.9. The van der Waals surface area contributed by atoms with Gasteiger partial charge >= 0.3 is 5.97 Å². The van der Waals surface area contributed by atoms with Crippen LogP contribution in [0.1, 0.15) is 28.9 Å². The molecule has 220 valence electrons. The number of methoxy groups -OCH3 is 2. The summed E-state index contributed by atoms with van der Waals surface area (Å²) in [7, 11) is 2.94. The lowest BCUT2D eigenvalue weighted by molar-refractivity contribution is -0.163. The number of carbonyl (C=O) groups is 1. The fourth-order valence-corrected chi connectivity index (χ4v) is 3.65. The van der Waals surface area contributed by atoms with Gasteiger partial charge < -0.3 is 33.2 Å². The summed E-state index contributed by atoms with van der Waals surface area (Å²) in [4.78, 5) is 17.6. The second-order valence-electron chi connectivity index (χ2n) is 8.37. The van der Waals surface area contributed by atoms with Crippen molar-refractivity contribution in [3.05, 3.63) is 95.1 Å². The first-order valence-corrected chi connectivity index (χ1v) is 12.5. The molecule has 0 aliphatic rings. The maximum Gasteiger partial charge on any atom is 0.343 e. The van der Waals surface area contributed by atoms with Crippen LogP contribution >= 0.6 is 0 Å². The molecule has 0 aliphatic carbocycles. The zero-order valence-corrected chi connectivity index (χ0v) is 22.6. The van der Waals surface area contributed by atoms with Gasteiger partial charge in [-0.25, -0.2) is 18.4 Å². The van der Waals surface area contributed by atoms with E-state index in [-0.39, 0.29) is 26.4 Å². The molecule has 0 aromatic heterocycles. The van der Waals surface area contributed by atoms with Crippen LogP contribution in [0.2, 0.25) is 0 Å². The number of hydrogen-bond acceptors (Lipinski definition) is 9. The van der Waals surface area contributed by atoms with Gasteiger partial charge in [0.1, 0.15) is 0 Å². The zero-order valence-electron chi connectivity index (χ0n) is 22.6. The molecule has 3 aromatic carbocycles. The number of esters is 1. The van der Waals surface area contributed by atoms with Crippen molar-refractivity contribution in [2.24, 2.45) is 0 Å². The Bertz CT molecular complexity index is 1160. The average Bonchev–Trinajstić information content (AvgIpc) is 3.00. The molecule has 0 bridgehead atoms. The molecule has 1 unspecified atom stereocenters. The average molecular weight is 576 g/mol. The molecule has 0 aliphatic heterocycles. The van der Waals surface area contributed by atoms with E-state index < -0.39 is 60.5 Å². The molecule has 0 N–H and O–H groups in total. The van der Waals surface area contributed by atoms with Crippen molar-refractivity contribution in [3.63, 3.8) is 0 Å². The summed E-state index contributed by atoms with van der Waals surface area (Å²) in [5.74, 6) is 4.70. The summed E-state index contributed by atoms with van der Waals surface area (Å²) in [6, 6.07) is 18.2. The largest absolute Gasteiger partial charge is 0.460 e. The maximum atomic E-state index is 15.8. The molecular weight excluding hydrogens is 544 g/mol. The summed E-state index contributed by atoms with van der Waals surface area (Å²) < 4.78 is 67.4. The first-order valence-electron chi connectivity index (χ1n) is 12.5. The van der Waals surface area contributed by atoms with E-state index in [4.69, 9.17) is 33.2 Å². The van der Waals surface area contributed by atoms with Crippen molar-refractivity contribution >= 4 is 5.97 Å². The number of ether oxygens (including phenoxy) is 7. The van der Waals surface area contributed by atoms with Crippen LogP contribution in [0.3, 0.4) is 0 Å². The topological polar surface area (TPSA) is 113 Å². The highest BCUT2D eigenvalue weighted by Crippen LogP contribution is 2.39. The Kier molecular flexibility index (Phi) is 13.4. The van der Waals surface area contributed by atoms with Gasteiger partial charge in [-0.3, -0.25) is 0 Å². The van der Waals surface area contributed by atoms with Crippen LogP contribution in [0, 0.1) is 11.6 Å². The summed E-state index contributed by atoms with van der Waals surface area (Å²) >= 11 is 0. The van der Waals surface area contributed by atoms with Crippen molar-refractivity contribution in [2.75, 3.05) is 54.2 Å². The predicted octanol–water partition coefficient (Wildman–Crippen LogP) is 4.34. The molecule has 0 amide bonds. The lowest BCUT2D eigenvalue weighted by atomic mass is 10.0. The smallest absolute Gasteiger partial charge is 0.343 e. The van der Waals surface area contributed by atoms with E-state index in [9.17, 15) is 10.7 Å². The van der Waals surface area contributed by atoms with E-state index in [1.807, 2.05) is 0 Å². The third kappa shape index (κ3) is 9.18. The maximum absolute atomic E-state index is 15.8. The van der Waals surface area contributed by atoms with Crippen LogP contribution in [-0.2, 0) is 33.3 Å². The van der Waals surface area contributed by atoms with Crippen LogP contribution in [-0.4, -0.2) is 60.2 Å².